The molecule has 110 valence electrons. The van der Waals surface area contributed by atoms with E-state index in [4.69, 9.17) is 39.7 Å². The highest BCUT2D eigenvalue weighted by Gasteiger charge is 2.13. The minimum atomic E-state index is -0.119. The van der Waals surface area contributed by atoms with E-state index in [1.165, 1.54) is 4.90 Å². The molecule has 0 unspecified atom stereocenters. The van der Waals surface area contributed by atoms with E-state index in [9.17, 15) is 0 Å². The van der Waals surface area contributed by atoms with Crippen molar-refractivity contribution in [2.24, 2.45) is 5.73 Å². The fourth-order valence-corrected chi connectivity index (χ4v) is 2.01. The van der Waals surface area contributed by atoms with Crippen LogP contribution < -0.4 is 11.1 Å². The van der Waals surface area contributed by atoms with Crippen LogP contribution >= 0.6 is 23.8 Å². The van der Waals surface area contributed by atoms with Crippen LogP contribution in [0.3, 0.4) is 0 Å². The molecule has 0 aromatic carbocycles. The first-order valence-electron chi connectivity index (χ1n) is 6.04. The van der Waals surface area contributed by atoms with Crippen LogP contribution in [0.15, 0.2) is 18.3 Å². The molecule has 6 nitrogen and oxygen atoms in total. The zero-order valence-corrected chi connectivity index (χ0v) is 12.8. The summed E-state index contributed by atoms with van der Waals surface area (Å²) in [6.45, 7) is 1.52. The third-order valence-corrected chi connectivity index (χ3v) is 3.23. The van der Waals surface area contributed by atoms with Gasteiger partial charge in [0.15, 0.2) is 11.1 Å². The number of nitrogens with zero attached hydrogens (tertiary/aromatic N) is 2. The molecule has 20 heavy (non-hydrogen) atoms. The molecule has 0 fully saturated rings. The van der Waals surface area contributed by atoms with E-state index in [0.717, 1.165) is 5.69 Å². The standard InChI is InChI=1S/C12H18ClN5OS/c1-19-8-6-17-12(20)18(11(14)15)7-4-10-9(13)3-2-5-16-10/h2-3,5H,4,6-8H2,1H3,(H3,14,15)(H,17,20). The first kappa shape index (κ1) is 16.6. The summed E-state index contributed by atoms with van der Waals surface area (Å²) in [6.07, 6.45) is 2.22. The number of nitrogens with one attached hydrogen (secondary N) is 2. The number of hydrogen-bond acceptors (Lipinski definition) is 4. The predicted molar refractivity (Wildman–Crippen MR) is 84.0 cm³/mol. The quantitative estimate of drug-likeness (QED) is 0.314. The summed E-state index contributed by atoms with van der Waals surface area (Å²) >= 11 is 11.2. The molecule has 0 aliphatic rings. The van der Waals surface area contributed by atoms with Crippen molar-refractivity contribution in [3.05, 3.63) is 29.0 Å². The maximum atomic E-state index is 7.57. The summed E-state index contributed by atoms with van der Waals surface area (Å²) in [5.74, 6) is -0.119. The van der Waals surface area contributed by atoms with Crippen molar-refractivity contribution >= 4 is 34.9 Å². The third kappa shape index (κ3) is 5.28. The number of methoxy groups -OCH3 is 1. The lowest BCUT2D eigenvalue weighted by Gasteiger charge is -2.23. The number of pyridine rings is 1. The lowest BCUT2D eigenvalue weighted by molar-refractivity contribution is 0.203. The van der Waals surface area contributed by atoms with Gasteiger partial charge in [0.05, 0.1) is 17.3 Å². The van der Waals surface area contributed by atoms with E-state index >= 15 is 0 Å². The first-order valence-corrected chi connectivity index (χ1v) is 6.82. The highest BCUT2D eigenvalue weighted by Crippen LogP contribution is 2.12. The largest absolute Gasteiger partial charge is 0.383 e. The Hall–Kier alpha value is -1.44. The summed E-state index contributed by atoms with van der Waals surface area (Å²) < 4.78 is 4.92. The van der Waals surface area contributed by atoms with E-state index in [2.05, 4.69) is 10.3 Å². The third-order valence-electron chi connectivity index (χ3n) is 2.53. The molecule has 0 atom stereocenters. The van der Waals surface area contributed by atoms with Crippen molar-refractivity contribution in [3.63, 3.8) is 0 Å². The van der Waals surface area contributed by atoms with Gasteiger partial charge in [0.1, 0.15) is 0 Å². The Kier molecular flexibility index (Phi) is 7.21. The van der Waals surface area contributed by atoms with Crippen LogP contribution in [0.2, 0.25) is 5.02 Å². The van der Waals surface area contributed by atoms with Gasteiger partial charge in [0.25, 0.3) is 0 Å². The van der Waals surface area contributed by atoms with Crippen molar-refractivity contribution in [1.82, 2.24) is 15.2 Å². The fourth-order valence-electron chi connectivity index (χ4n) is 1.51. The average molecular weight is 316 g/mol. The van der Waals surface area contributed by atoms with Crippen molar-refractivity contribution in [3.8, 4) is 0 Å². The smallest absolute Gasteiger partial charge is 0.194 e. The number of rotatable bonds is 6. The van der Waals surface area contributed by atoms with Crippen LogP contribution in [0.1, 0.15) is 5.69 Å². The lowest BCUT2D eigenvalue weighted by atomic mass is 10.2. The number of thiocarbonyl (C=S) groups is 1. The van der Waals surface area contributed by atoms with Crippen molar-refractivity contribution in [1.29, 1.82) is 5.41 Å². The van der Waals surface area contributed by atoms with E-state index < -0.39 is 0 Å². The second kappa shape index (κ2) is 8.68. The first-order chi connectivity index (χ1) is 9.56. The zero-order valence-electron chi connectivity index (χ0n) is 11.2. The molecule has 1 aromatic heterocycles. The Morgan fingerprint density at radius 3 is 3.00 bits per heavy atom. The molecule has 0 aliphatic carbocycles. The number of halogens is 1. The highest BCUT2D eigenvalue weighted by molar-refractivity contribution is 7.80. The minimum Gasteiger partial charge on any atom is -0.383 e. The van der Waals surface area contributed by atoms with Crippen LogP contribution in [0.25, 0.3) is 0 Å². The summed E-state index contributed by atoms with van der Waals surface area (Å²) in [7, 11) is 1.61. The number of hydrogen-bond donors (Lipinski definition) is 3. The molecule has 0 bridgehead atoms. The Labute approximate surface area is 128 Å². The van der Waals surface area contributed by atoms with E-state index in [-0.39, 0.29) is 5.96 Å². The van der Waals surface area contributed by atoms with Gasteiger partial charge < -0.3 is 15.8 Å². The van der Waals surface area contributed by atoms with Gasteiger partial charge in [0, 0.05) is 32.8 Å². The highest BCUT2D eigenvalue weighted by atomic mass is 35.5. The zero-order chi connectivity index (χ0) is 15.0. The Morgan fingerprint density at radius 1 is 1.65 bits per heavy atom. The average Bonchev–Trinajstić information content (AvgIpc) is 2.41. The van der Waals surface area contributed by atoms with Gasteiger partial charge in [-0.15, -0.1) is 0 Å². The van der Waals surface area contributed by atoms with Gasteiger partial charge in [-0.25, -0.2) is 0 Å². The van der Waals surface area contributed by atoms with Gasteiger partial charge in [-0.1, -0.05) is 11.6 Å². The maximum Gasteiger partial charge on any atom is 0.194 e. The number of nitrogens with two attached hydrogens (primary N) is 1. The van der Waals surface area contributed by atoms with Crippen LogP contribution in [0.4, 0.5) is 0 Å². The molecule has 0 radical (unpaired) electrons. The van der Waals surface area contributed by atoms with E-state index in [1.54, 1.807) is 25.4 Å². The Morgan fingerprint density at radius 2 is 2.40 bits per heavy atom. The second-order valence-corrected chi connectivity index (χ2v) is 4.74. The molecule has 1 heterocycles. The molecule has 0 spiro atoms. The molecule has 0 amide bonds. The van der Waals surface area contributed by atoms with Crippen molar-refractivity contribution in [2.45, 2.75) is 6.42 Å². The summed E-state index contributed by atoms with van der Waals surface area (Å²) in [4.78, 5) is 5.69. The number of ether oxygens (including phenoxy) is 1. The van der Waals surface area contributed by atoms with Gasteiger partial charge in [0.2, 0.25) is 0 Å². The lowest BCUT2D eigenvalue weighted by Crippen LogP contribution is -2.48. The maximum absolute atomic E-state index is 7.57. The Balaban J connectivity index is 2.57. The van der Waals surface area contributed by atoms with Crippen LogP contribution in [0.5, 0.6) is 0 Å². The molecule has 1 rings (SSSR count). The van der Waals surface area contributed by atoms with Gasteiger partial charge in [-0.3, -0.25) is 15.3 Å². The SMILES string of the molecule is COCCNC(=S)N(CCc1ncccc1Cl)C(=N)N. The molecule has 0 saturated carbocycles. The van der Waals surface area contributed by atoms with Gasteiger partial charge >= 0.3 is 0 Å². The summed E-state index contributed by atoms with van der Waals surface area (Å²) in [5.41, 5.74) is 6.29. The van der Waals surface area contributed by atoms with E-state index in [1.807, 2.05) is 0 Å². The Bertz CT molecular complexity index is 471. The molecular weight excluding hydrogens is 298 g/mol. The number of guanidine groups is 1. The molecule has 4 N–H and O–H groups in total. The second-order valence-electron chi connectivity index (χ2n) is 3.94. The van der Waals surface area contributed by atoms with Gasteiger partial charge in [-0.2, -0.15) is 0 Å². The van der Waals surface area contributed by atoms with Crippen molar-refractivity contribution in [2.75, 3.05) is 26.8 Å². The van der Waals surface area contributed by atoms with Gasteiger partial charge in [-0.05, 0) is 24.4 Å². The summed E-state index contributed by atoms with van der Waals surface area (Å²) in [6, 6.07) is 3.54. The van der Waals surface area contributed by atoms with Crippen molar-refractivity contribution < 1.29 is 4.74 Å². The molecule has 0 aliphatic heterocycles. The molecule has 0 saturated heterocycles. The normalized spacial score (nSPS) is 10.1. The molecular formula is C12H18ClN5OS. The fraction of sp³-hybridized carbons (Fsp3) is 0.417. The molecule has 1 aromatic rings. The van der Waals surface area contributed by atoms with Crippen LogP contribution in [-0.4, -0.2) is 47.8 Å². The number of aromatic nitrogens is 1. The van der Waals surface area contributed by atoms with Crippen LogP contribution in [0, 0.1) is 5.41 Å². The summed E-state index contributed by atoms with van der Waals surface area (Å²) in [5, 5.41) is 11.5. The predicted octanol–water partition coefficient (Wildman–Crippen LogP) is 0.994. The van der Waals surface area contributed by atoms with E-state index in [0.29, 0.717) is 36.3 Å². The monoisotopic (exact) mass is 315 g/mol. The topological polar surface area (TPSA) is 87.3 Å². The minimum absolute atomic E-state index is 0.119. The van der Waals surface area contributed by atoms with Crippen LogP contribution in [-0.2, 0) is 11.2 Å². The molecule has 8 heteroatoms.